The van der Waals surface area contributed by atoms with Crippen LogP contribution in [0.4, 0.5) is 5.69 Å². The Kier molecular flexibility index (Phi) is 4.29. The van der Waals surface area contributed by atoms with Gasteiger partial charge in [0.1, 0.15) is 10.9 Å². The standard InChI is InChI=1S/C13H18N2O4S/c1-2-14-20(18,19)12-8-4-3-6-10(12)15-9-5-7-11(15)13(16)17/h3-4,6,8,11,14H,2,5,7,9H2,1H3,(H,16,17). The molecule has 1 atom stereocenters. The number of nitrogens with one attached hydrogen (secondary N) is 1. The number of rotatable bonds is 5. The molecule has 0 aromatic heterocycles. The molecule has 6 nitrogen and oxygen atoms in total. The van der Waals surface area contributed by atoms with E-state index in [-0.39, 0.29) is 4.90 Å². The molecule has 2 N–H and O–H groups in total. The minimum absolute atomic E-state index is 0.134. The number of aliphatic carboxylic acids is 1. The van der Waals surface area contributed by atoms with Gasteiger partial charge in [-0.3, -0.25) is 0 Å². The summed E-state index contributed by atoms with van der Waals surface area (Å²) in [6.07, 6.45) is 1.28. The monoisotopic (exact) mass is 298 g/mol. The normalized spacial score (nSPS) is 19.2. The molecule has 0 aliphatic carbocycles. The van der Waals surface area contributed by atoms with Crippen LogP contribution in [0.3, 0.4) is 0 Å². The Balaban J connectivity index is 2.45. The number of sulfonamides is 1. The van der Waals surface area contributed by atoms with Crippen LogP contribution < -0.4 is 9.62 Å². The zero-order valence-electron chi connectivity index (χ0n) is 11.2. The van der Waals surface area contributed by atoms with Crippen molar-refractivity contribution in [2.24, 2.45) is 0 Å². The summed E-state index contributed by atoms with van der Waals surface area (Å²) < 4.78 is 26.8. The van der Waals surface area contributed by atoms with Gasteiger partial charge in [0.2, 0.25) is 10.0 Å². The van der Waals surface area contributed by atoms with E-state index < -0.39 is 22.0 Å². The van der Waals surface area contributed by atoms with E-state index in [0.717, 1.165) is 6.42 Å². The van der Waals surface area contributed by atoms with Crippen molar-refractivity contribution in [1.29, 1.82) is 0 Å². The number of carboxylic acids is 1. The van der Waals surface area contributed by atoms with Crippen molar-refractivity contribution in [3.63, 3.8) is 0 Å². The highest BCUT2D eigenvalue weighted by Gasteiger charge is 2.33. The van der Waals surface area contributed by atoms with E-state index in [1.54, 1.807) is 30.0 Å². The number of nitrogens with zero attached hydrogens (tertiary/aromatic N) is 1. The van der Waals surface area contributed by atoms with Crippen LogP contribution in [0.1, 0.15) is 19.8 Å². The highest BCUT2D eigenvalue weighted by Crippen LogP contribution is 2.31. The predicted octanol–water partition coefficient (Wildman–Crippen LogP) is 1.04. The van der Waals surface area contributed by atoms with Crippen molar-refractivity contribution in [2.75, 3.05) is 18.0 Å². The topological polar surface area (TPSA) is 86.7 Å². The lowest BCUT2D eigenvalue weighted by Crippen LogP contribution is -2.37. The summed E-state index contributed by atoms with van der Waals surface area (Å²) >= 11 is 0. The zero-order chi connectivity index (χ0) is 14.8. The first kappa shape index (κ1) is 14.8. The van der Waals surface area contributed by atoms with Crippen LogP contribution in [0.5, 0.6) is 0 Å². The third kappa shape index (κ3) is 2.78. The molecule has 1 fully saturated rings. The highest BCUT2D eigenvalue weighted by atomic mass is 32.2. The fourth-order valence-electron chi connectivity index (χ4n) is 2.50. The first-order valence-corrected chi connectivity index (χ1v) is 8.04. The average Bonchev–Trinajstić information content (AvgIpc) is 2.88. The van der Waals surface area contributed by atoms with Gasteiger partial charge in [-0.1, -0.05) is 19.1 Å². The van der Waals surface area contributed by atoms with E-state index in [0.29, 0.717) is 25.2 Å². The van der Waals surface area contributed by atoms with Crippen LogP contribution in [-0.4, -0.2) is 38.6 Å². The molecule has 1 aliphatic rings. The lowest BCUT2D eigenvalue weighted by Gasteiger charge is -2.25. The lowest BCUT2D eigenvalue weighted by molar-refractivity contribution is -0.138. The van der Waals surface area contributed by atoms with Crippen LogP contribution in [0.25, 0.3) is 0 Å². The summed E-state index contributed by atoms with van der Waals surface area (Å²) in [4.78, 5) is 13.1. The number of anilines is 1. The van der Waals surface area contributed by atoms with E-state index in [2.05, 4.69) is 4.72 Å². The van der Waals surface area contributed by atoms with Crippen molar-refractivity contribution in [1.82, 2.24) is 4.72 Å². The minimum atomic E-state index is -3.61. The molecule has 0 bridgehead atoms. The zero-order valence-corrected chi connectivity index (χ0v) is 12.1. The predicted molar refractivity (Wildman–Crippen MR) is 75.3 cm³/mol. The largest absolute Gasteiger partial charge is 0.480 e. The Morgan fingerprint density at radius 3 is 2.80 bits per heavy atom. The summed E-state index contributed by atoms with van der Waals surface area (Å²) in [5.74, 6) is -0.918. The maximum atomic E-state index is 12.2. The molecule has 1 aromatic rings. The van der Waals surface area contributed by atoms with Gasteiger partial charge in [-0.15, -0.1) is 0 Å². The Labute approximate surface area is 118 Å². The molecule has 0 amide bonds. The summed E-state index contributed by atoms with van der Waals surface area (Å²) in [5, 5.41) is 9.24. The second-order valence-electron chi connectivity index (χ2n) is 4.66. The van der Waals surface area contributed by atoms with Gasteiger partial charge >= 0.3 is 5.97 Å². The Morgan fingerprint density at radius 2 is 2.15 bits per heavy atom. The molecule has 1 heterocycles. The molecule has 20 heavy (non-hydrogen) atoms. The molecule has 1 saturated heterocycles. The van der Waals surface area contributed by atoms with E-state index in [9.17, 15) is 18.3 Å². The number of hydrogen-bond donors (Lipinski definition) is 2. The number of carbonyl (C=O) groups is 1. The minimum Gasteiger partial charge on any atom is -0.480 e. The number of benzene rings is 1. The molecule has 110 valence electrons. The molecule has 0 radical (unpaired) electrons. The van der Waals surface area contributed by atoms with Crippen LogP contribution >= 0.6 is 0 Å². The van der Waals surface area contributed by atoms with Crippen molar-refractivity contribution in [3.05, 3.63) is 24.3 Å². The van der Waals surface area contributed by atoms with Gasteiger partial charge in [0.15, 0.2) is 0 Å². The molecule has 0 spiro atoms. The van der Waals surface area contributed by atoms with Crippen molar-refractivity contribution < 1.29 is 18.3 Å². The molecule has 0 saturated carbocycles. The maximum absolute atomic E-state index is 12.2. The van der Waals surface area contributed by atoms with Gasteiger partial charge in [-0.25, -0.2) is 17.9 Å². The molecule has 1 unspecified atom stereocenters. The Bertz CT molecular complexity index is 600. The number of hydrogen-bond acceptors (Lipinski definition) is 4. The second kappa shape index (κ2) is 5.80. The number of para-hydroxylation sites is 1. The molecular formula is C13H18N2O4S. The summed E-state index contributed by atoms with van der Waals surface area (Å²) in [6.45, 7) is 2.55. The van der Waals surface area contributed by atoms with Gasteiger partial charge in [0.05, 0.1) is 5.69 Å². The van der Waals surface area contributed by atoms with Crippen LogP contribution in [-0.2, 0) is 14.8 Å². The van der Waals surface area contributed by atoms with Crippen molar-refractivity contribution in [2.45, 2.75) is 30.7 Å². The highest BCUT2D eigenvalue weighted by molar-refractivity contribution is 7.89. The summed E-state index contributed by atoms with van der Waals surface area (Å²) in [5.41, 5.74) is 0.457. The third-order valence-corrected chi connectivity index (χ3v) is 4.93. The second-order valence-corrected chi connectivity index (χ2v) is 6.39. The Hall–Kier alpha value is -1.60. The van der Waals surface area contributed by atoms with Crippen LogP contribution in [0.15, 0.2) is 29.2 Å². The molecule has 1 aromatic carbocycles. The van der Waals surface area contributed by atoms with Gasteiger partial charge in [0, 0.05) is 13.1 Å². The van der Waals surface area contributed by atoms with Gasteiger partial charge in [0.25, 0.3) is 0 Å². The fourth-order valence-corrected chi connectivity index (χ4v) is 3.76. The summed E-state index contributed by atoms with van der Waals surface area (Å²) in [6, 6.07) is 5.86. The summed E-state index contributed by atoms with van der Waals surface area (Å²) in [7, 11) is -3.61. The van der Waals surface area contributed by atoms with Crippen LogP contribution in [0, 0.1) is 0 Å². The van der Waals surface area contributed by atoms with Gasteiger partial charge in [-0.05, 0) is 25.0 Å². The molecule has 2 rings (SSSR count). The van der Waals surface area contributed by atoms with Gasteiger partial charge < -0.3 is 10.0 Å². The Morgan fingerprint density at radius 1 is 1.45 bits per heavy atom. The van der Waals surface area contributed by atoms with Crippen LogP contribution in [0.2, 0.25) is 0 Å². The fraction of sp³-hybridized carbons (Fsp3) is 0.462. The van der Waals surface area contributed by atoms with Crippen molar-refractivity contribution in [3.8, 4) is 0 Å². The first-order valence-electron chi connectivity index (χ1n) is 6.55. The van der Waals surface area contributed by atoms with E-state index in [1.807, 2.05) is 0 Å². The lowest BCUT2D eigenvalue weighted by atomic mass is 10.2. The van der Waals surface area contributed by atoms with Gasteiger partial charge in [-0.2, -0.15) is 0 Å². The first-order chi connectivity index (χ1) is 9.47. The quantitative estimate of drug-likeness (QED) is 0.848. The van der Waals surface area contributed by atoms with E-state index in [1.165, 1.54) is 6.07 Å². The molecule has 7 heteroatoms. The van der Waals surface area contributed by atoms with E-state index in [4.69, 9.17) is 0 Å². The maximum Gasteiger partial charge on any atom is 0.326 e. The smallest absolute Gasteiger partial charge is 0.326 e. The molecule has 1 aliphatic heterocycles. The SMILES string of the molecule is CCNS(=O)(=O)c1ccccc1N1CCCC1C(=O)O. The average molecular weight is 298 g/mol. The van der Waals surface area contributed by atoms with E-state index >= 15 is 0 Å². The van der Waals surface area contributed by atoms with Crippen molar-refractivity contribution >= 4 is 21.7 Å². The number of carboxylic acid groups (broad SMARTS) is 1. The third-order valence-electron chi connectivity index (χ3n) is 3.34. The molecular weight excluding hydrogens is 280 g/mol.